The molecule has 154 valence electrons. The van der Waals surface area contributed by atoms with Crippen LogP contribution in [0.15, 0.2) is 47.5 Å². The molecule has 28 heavy (non-hydrogen) atoms. The van der Waals surface area contributed by atoms with Crippen LogP contribution in [-0.4, -0.2) is 33.4 Å². The fourth-order valence-electron chi connectivity index (χ4n) is 2.58. The first-order valence-electron chi connectivity index (χ1n) is 8.99. The number of aryl methyl sites for hydroxylation is 1. The summed E-state index contributed by atoms with van der Waals surface area (Å²) in [5.74, 6) is 1.19. The van der Waals surface area contributed by atoms with E-state index in [0.717, 1.165) is 34.5 Å². The molecule has 2 aromatic rings. The molecule has 0 spiro atoms. The van der Waals surface area contributed by atoms with E-state index in [0.29, 0.717) is 32.3 Å². The summed E-state index contributed by atoms with van der Waals surface area (Å²) in [6.45, 7) is 4.26. The van der Waals surface area contributed by atoms with Gasteiger partial charge in [-0.3, -0.25) is 0 Å². The van der Waals surface area contributed by atoms with Crippen LogP contribution < -0.4 is 15.8 Å². The molecular weight excluding hydrogens is 469 g/mol. The lowest BCUT2D eigenvalue weighted by molar-refractivity contribution is 0.172. The third-order valence-corrected chi connectivity index (χ3v) is 3.97. The summed E-state index contributed by atoms with van der Waals surface area (Å²) in [6, 6.07) is 13.9. The highest BCUT2D eigenvalue weighted by Gasteiger charge is 2.06. The predicted octanol–water partition coefficient (Wildman–Crippen LogP) is 4.10. The number of anilines is 1. The second-order valence-corrected chi connectivity index (χ2v) is 6.22. The van der Waals surface area contributed by atoms with Gasteiger partial charge in [0.05, 0.1) is 19.8 Å². The summed E-state index contributed by atoms with van der Waals surface area (Å²) in [5, 5.41) is 3.15. The zero-order chi connectivity index (χ0) is 19.5. The summed E-state index contributed by atoms with van der Waals surface area (Å²) in [5.41, 5.74) is 10.1. The minimum Gasteiger partial charge on any atom is -0.493 e. The molecule has 0 heterocycles. The number of nitrogens with zero attached hydrogens (tertiary/aromatic N) is 1. The minimum absolute atomic E-state index is 0. The van der Waals surface area contributed by atoms with E-state index in [9.17, 15) is 0 Å². The highest BCUT2D eigenvalue weighted by Crippen LogP contribution is 2.22. The topological polar surface area (TPSA) is 78.1 Å². The van der Waals surface area contributed by atoms with Gasteiger partial charge in [0.1, 0.15) is 5.75 Å². The molecule has 3 N–H and O–H groups in total. The largest absolute Gasteiger partial charge is 0.493 e. The van der Waals surface area contributed by atoms with E-state index in [1.807, 2.05) is 49.4 Å². The number of ether oxygens (including phenoxy) is 3. The number of guanidine groups is 1. The van der Waals surface area contributed by atoms with Crippen molar-refractivity contribution in [3.8, 4) is 5.75 Å². The van der Waals surface area contributed by atoms with Gasteiger partial charge in [0.25, 0.3) is 0 Å². The van der Waals surface area contributed by atoms with E-state index in [1.165, 1.54) is 0 Å². The molecule has 2 rings (SSSR count). The number of halogens is 1. The summed E-state index contributed by atoms with van der Waals surface area (Å²) in [6.07, 6.45) is 0.840. The lowest BCUT2D eigenvalue weighted by atomic mass is 10.1. The van der Waals surface area contributed by atoms with Crippen LogP contribution in [0.3, 0.4) is 0 Å². The Hall–Kier alpha value is -1.84. The zero-order valence-corrected chi connectivity index (χ0v) is 19.1. The van der Waals surface area contributed by atoms with Gasteiger partial charge in [0, 0.05) is 44.1 Å². The van der Waals surface area contributed by atoms with Crippen LogP contribution in [0, 0.1) is 6.92 Å². The number of methoxy groups -OCH3 is 2. The Bertz CT molecular complexity index is 753. The van der Waals surface area contributed by atoms with Crippen molar-refractivity contribution in [2.75, 3.05) is 32.8 Å². The van der Waals surface area contributed by atoms with Gasteiger partial charge < -0.3 is 25.3 Å². The van der Waals surface area contributed by atoms with Crippen molar-refractivity contribution in [1.29, 1.82) is 0 Å². The Morgan fingerprint density at radius 3 is 2.57 bits per heavy atom. The maximum Gasteiger partial charge on any atom is 0.193 e. The van der Waals surface area contributed by atoms with E-state index in [4.69, 9.17) is 19.9 Å². The molecule has 0 amide bonds. The number of benzene rings is 2. The van der Waals surface area contributed by atoms with Crippen LogP contribution in [0.5, 0.6) is 5.75 Å². The highest BCUT2D eigenvalue weighted by molar-refractivity contribution is 14.0. The molecule has 0 aromatic heterocycles. The molecule has 0 aliphatic heterocycles. The second-order valence-electron chi connectivity index (χ2n) is 6.22. The van der Waals surface area contributed by atoms with Crippen molar-refractivity contribution in [2.24, 2.45) is 10.7 Å². The smallest absolute Gasteiger partial charge is 0.193 e. The molecule has 0 radical (unpaired) electrons. The maximum atomic E-state index is 6.08. The van der Waals surface area contributed by atoms with Gasteiger partial charge in [-0.05, 0) is 24.6 Å². The first kappa shape index (κ1) is 24.2. The molecule has 0 atom stereocenters. The molecule has 7 heteroatoms. The molecule has 0 bridgehead atoms. The van der Waals surface area contributed by atoms with Crippen LogP contribution in [0.2, 0.25) is 0 Å². The molecule has 0 fully saturated rings. The number of nitrogens with one attached hydrogen (secondary N) is 1. The number of nitrogens with two attached hydrogens (primary N) is 1. The van der Waals surface area contributed by atoms with Crippen LogP contribution in [0.25, 0.3) is 0 Å². The second kappa shape index (κ2) is 13.4. The van der Waals surface area contributed by atoms with E-state index < -0.39 is 0 Å². The third-order valence-electron chi connectivity index (χ3n) is 3.97. The average molecular weight is 499 g/mol. The Morgan fingerprint density at radius 1 is 1.04 bits per heavy atom. The van der Waals surface area contributed by atoms with Crippen molar-refractivity contribution in [3.63, 3.8) is 0 Å². The molecule has 0 aliphatic rings. The third kappa shape index (κ3) is 8.04. The maximum absolute atomic E-state index is 6.08. The van der Waals surface area contributed by atoms with Crippen molar-refractivity contribution in [3.05, 3.63) is 59.2 Å². The van der Waals surface area contributed by atoms with Gasteiger partial charge in [0.15, 0.2) is 5.96 Å². The average Bonchev–Trinajstić information content (AvgIpc) is 2.66. The van der Waals surface area contributed by atoms with Gasteiger partial charge in [-0.2, -0.15) is 0 Å². The molecule has 2 aromatic carbocycles. The van der Waals surface area contributed by atoms with Crippen LogP contribution in [0.1, 0.15) is 23.1 Å². The van der Waals surface area contributed by atoms with Crippen molar-refractivity contribution < 1.29 is 14.2 Å². The summed E-state index contributed by atoms with van der Waals surface area (Å²) < 4.78 is 16.2. The monoisotopic (exact) mass is 499 g/mol. The predicted molar refractivity (Wildman–Crippen MR) is 125 cm³/mol. The Balaban J connectivity index is 0.00000392. The number of aliphatic imine (C=N–C) groups is 1. The quantitative estimate of drug-likeness (QED) is 0.223. The van der Waals surface area contributed by atoms with Crippen molar-refractivity contribution in [2.45, 2.75) is 26.5 Å². The number of para-hydroxylation sites is 1. The molecule has 0 saturated heterocycles. The van der Waals surface area contributed by atoms with Crippen molar-refractivity contribution in [1.82, 2.24) is 0 Å². The van der Waals surface area contributed by atoms with E-state index in [1.54, 1.807) is 14.2 Å². The first-order valence-corrected chi connectivity index (χ1v) is 8.99. The summed E-state index contributed by atoms with van der Waals surface area (Å²) >= 11 is 0. The lowest BCUT2D eigenvalue weighted by Gasteiger charge is -2.13. The van der Waals surface area contributed by atoms with E-state index in [-0.39, 0.29) is 24.0 Å². The summed E-state index contributed by atoms with van der Waals surface area (Å²) in [7, 11) is 3.35. The summed E-state index contributed by atoms with van der Waals surface area (Å²) in [4.78, 5) is 4.46. The molecule has 6 nitrogen and oxygen atoms in total. The van der Waals surface area contributed by atoms with Gasteiger partial charge in [0.2, 0.25) is 0 Å². The minimum atomic E-state index is 0. The van der Waals surface area contributed by atoms with E-state index in [2.05, 4.69) is 10.3 Å². The van der Waals surface area contributed by atoms with Crippen LogP contribution >= 0.6 is 24.0 Å². The standard InChI is InChI=1S/C21H29N3O3.HI/c1-16-9-10-17(20(13-16)27-12-6-11-25-2)14-23-21(22)24-19-8-5-4-7-18(19)15-26-3;/h4-5,7-10,13H,6,11-12,14-15H2,1-3H3,(H3,22,23,24);1H. The Morgan fingerprint density at radius 2 is 1.82 bits per heavy atom. The van der Waals surface area contributed by atoms with Gasteiger partial charge >= 0.3 is 0 Å². The Kier molecular flexibility index (Phi) is 11.5. The molecule has 0 aliphatic carbocycles. The molecular formula is C21H30IN3O3. The van der Waals surface area contributed by atoms with Gasteiger partial charge in [-0.25, -0.2) is 4.99 Å². The van der Waals surface area contributed by atoms with Gasteiger partial charge in [-0.1, -0.05) is 30.3 Å². The van der Waals surface area contributed by atoms with Crippen molar-refractivity contribution >= 4 is 35.6 Å². The fourth-order valence-corrected chi connectivity index (χ4v) is 2.58. The molecule has 0 saturated carbocycles. The number of hydrogen-bond donors (Lipinski definition) is 2. The SMILES string of the molecule is COCCCOc1cc(C)ccc1CN=C(N)Nc1ccccc1COC.I. The van der Waals surface area contributed by atoms with Crippen LogP contribution in [0.4, 0.5) is 5.69 Å². The fraction of sp³-hybridized carbons (Fsp3) is 0.381. The van der Waals surface area contributed by atoms with E-state index >= 15 is 0 Å². The Labute approximate surface area is 184 Å². The van der Waals surface area contributed by atoms with Crippen LogP contribution in [-0.2, 0) is 22.6 Å². The number of hydrogen-bond acceptors (Lipinski definition) is 4. The number of rotatable bonds is 10. The highest BCUT2D eigenvalue weighted by atomic mass is 127. The van der Waals surface area contributed by atoms with Gasteiger partial charge in [-0.15, -0.1) is 24.0 Å². The first-order chi connectivity index (χ1) is 13.1. The lowest BCUT2D eigenvalue weighted by Crippen LogP contribution is -2.23. The molecule has 0 unspecified atom stereocenters. The normalized spacial score (nSPS) is 11.0. The zero-order valence-electron chi connectivity index (χ0n) is 16.7.